The summed E-state index contributed by atoms with van der Waals surface area (Å²) < 4.78 is 51.9. The fourth-order valence-electron chi connectivity index (χ4n) is 3.89. The van der Waals surface area contributed by atoms with Crippen LogP contribution in [-0.4, -0.2) is 89.9 Å². The van der Waals surface area contributed by atoms with Crippen LogP contribution in [0.4, 0.5) is 10.2 Å². The standard InChI is InChI=1S/C22H25FN5O6P.C5H8O5.CO2/c1-3-31-22(29)14(2)10-35(30,34-15-7-5-4-6-8-15)13-32-17-9-16(23)21(33-17)28-12-27-18-19(24)25-11-26-20(18)28;1-5(10,4(8)9)2-3(6)7;2-1-3/h4-9,11-12,14,17,21H,3,10,13H2,1-2H3,(H2,24,25,26);10H,2H2,1H3,(H,6,7)(H,8,9);/t14-,17+,21?,35-;;/m1../s1. The predicted octanol–water partition coefficient (Wildman–Crippen LogP) is 2.36. The van der Waals surface area contributed by atoms with Gasteiger partial charge in [0.1, 0.15) is 23.9 Å². The molecule has 5 atom stereocenters. The van der Waals surface area contributed by atoms with E-state index in [9.17, 15) is 23.3 Å². The summed E-state index contributed by atoms with van der Waals surface area (Å²) in [7, 11) is -3.58. The smallest absolute Gasteiger partial charge is 0.373 e. The van der Waals surface area contributed by atoms with E-state index in [1.807, 2.05) is 0 Å². The van der Waals surface area contributed by atoms with Gasteiger partial charge in [0.15, 0.2) is 35.4 Å². The molecular formula is C28H33FN5O13P. The normalized spacial score (nSPS) is 18.2. The molecule has 260 valence electrons. The number of benzene rings is 1. The van der Waals surface area contributed by atoms with Gasteiger partial charge in [-0.15, -0.1) is 0 Å². The molecule has 1 aromatic carbocycles. The van der Waals surface area contributed by atoms with Gasteiger partial charge in [-0.25, -0.2) is 24.1 Å². The number of nitrogens with two attached hydrogens (primary N) is 1. The maximum atomic E-state index is 14.8. The number of ether oxygens (including phenoxy) is 3. The van der Waals surface area contributed by atoms with Gasteiger partial charge in [0.2, 0.25) is 0 Å². The number of carboxylic acids is 2. The summed E-state index contributed by atoms with van der Waals surface area (Å²) in [6.07, 6.45) is 0.223. The van der Waals surface area contributed by atoms with Gasteiger partial charge in [0, 0.05) is 6.08 Å². The van der Waals surface area contributed by atoms with E-state index in [0.29, 0.717) is 11.3 Å². The Bertz CT molecular complexity index is 1680. The van der Waals surface area contributed by atoms with Crippen molar-refractivity contribution in [1.29, 1.82) is 0 Å². The Morgan fingerprint density at radius 1 is 1.19 bits per heavy atom. The SMILES string of the molecule is CC(O)(CC(=O)O)C(=O)O.CCOC(=O)[C@H](C)C[P@](=O)(CO[C@@H]1C=C(F)C(n2cnc3c(N)ncnc32)O1)Oc1ccccc1.O=C=O. The Morgan fingerprint density at radius 2 is 1.83 bits per heavy atom. The molecule has 0 bridgehead atoms. The van der Waals surface area contributed by atoms with Crippen molar-refractivity contribution >= 4 is 48.4 Å². The van der Waals surface area contributed by atoms with Gasteiger partial charge in [-0.05, 0) is 26.0 Å². The molecule has 0 spiro atoms. The molecule has 1 aliphatic heterocycles. The summed E-state index contributed by atoms with van der Waals surface area (Å²) in [6, 6.07) is 8.52. The number of para-hydroxylation sites is 1. The van der Waals surface area contributed by atoms with Crippen LogP contribution in [0.3, 0.4) is 0 Å². The van der Waals surface area contributed by atoms with Crippen molar-refractivity contribution in [3.05, 3.63) is 54.9 Å². The highest BCUT2D eigenvalue weighted by atomic mass is 31.2. The molecule has 18 nitrogen and oxygen atoms in total. The topological polar surface area (TPSA) is 270 Å². The lowest BCUT2D eigenvalue weighted by molar-refractivity contribution is -0.191. The largest absolute Gasteiger partial charge is 0.481 e. The molecule has 1 aliphatic rings. The van der Waals surface area contributed by atoms with Gasteiger partial charge < -0.3 is 39.8 Å². The molecule has 0 saturated carbocycles. The van der Waals surface area contributed by atoms with Crippen molar-refractivity contribution in [2.24, 2.45) is 5.92 Å². The zero-order valence-corrected chi connectivity index (χ0v) is 26.7. The van der Waals surface area contributed by atoms with Gasteiger partial charge in [0.25, 0.3) is 7.37 Å². The Hall–Kier alpha value is -5.06. The van der Waals surface area contributed by atoms with Crippen molar-refractivity contribution in [3.63, 3.8) is 0 Å². The second-order valence-corrected chi connectivity index (χ2v) is 12.5. The summed E-state index contributed by atoms with van der Waals surface area (Å²) >= 11 is 0. The number of aliphatic carboxylic acids is 2. The van der Waals surface area contributed by atoms with E-state index in [1.54, 1.807) is 44.2 Å². The number of halogens is 1. The van der Waals surface area contributed by atoms with Gasteiger partial charge in [0.05, 0.1) is 31.4 Å². The van der Waals surface area contributed by atoms with Gasteiger partial charge >= 0.3 is 24.1 Å². The van der Waals surface area contributed by atoms with Crippen molar-refractivity contribution < 1.29 is 67.0 Å². The number of hydrogen-bond donors (Lipinski definition) is 4. The van der Waals surface area contributed by atoms with Gasteiger partial charge in [-0.2, -0.15) is 9.59 Å². The quantitative estimate of drug-likeness (QED) is 0.147. The lowest BCUT2D eigenvalue weighted by Crippen LogP contribution is -2.37. The molecule has 3 heterocycles. The number of carbonyl (C=O) groups excluding carboxylic acids is 3. The average Bonchev–Trinajstić information content (AvgIpc) is 3.60. The van der Waals surface area contributed by atoms with Crippen LogP contribution < -0.4 is 10.3 Å². The second-order valence-electron chi connectivity index (χ2n) is 10.1. The van der Waals surface area contributed by atoms with Crippen LogP contribution in [0.5, 0.6) is 5.75 Å². The highest BCUT2D eigenvalue weighted by Gasteiger charge is 2.36. The number of nitrogen functional groups attached to an aromatic ring is 1. The fourth-order valence-corrected chi connectivity index (χ4v) is 5.99. The van der Waals surface area contributed by atoms with Crippen molar-refractivity contribution in [1.82, 2.24) is 19.5 Å². The third-order valence-electron chi connectivity index (χ3n) is 6.08. The van der Waals surface area contributed by atoms with Crippen LogP contribution in [0.2, 0.25) is 0 Å². The number of carbonyl (C=O) groups is 3. The van der Waals surface area contributed by atoms with E-state index in [4.69, 9.17) is 49.4 Å². The minimum absolute atomic E-state index is 0.134. The van der Waals surface area contributed by atoms with Crippen LogP contribution in [0, 0.1) is 5.92 Å². The van der Waals surface area contributed by atoms with Crippen molar-refractivity contribution in [2.75, 3.05) is 24.9 Å². The van der Waals surface area contributed by atoms with Crippen LogP contribution >= 0.6 is 7.37 Å². The molecule has 0 amide bonds. The summed E-state index contributed by atoms with van der Waals surface area (Å²) in [5.74, 6) is -4.23. The van der Waals surface area contributed by atoms with E-state index in [2.05, 4.69) is 15.0 Å². The number of carboxylic acid groups (broad SMARTS) is 2. The minimum atomic E-state index is -3.58. The molecule has 2 aromatic heterocycles. The average molecular weight is 698 g/mol. The highest BCUT2D eigenvalue weighted by Crippen LogP contribution is 2.49. The first kappa shape index (κ1) is 39.1. The number of esters is 1. The number of rotatable bonds is 13. The molecule has 0 saturated heterocycles. The summed E-state index contributed by atoms with van der Waals surface area (Å²) in [4.78, 5) is 60.4. The number of fused-ring (bicyclic) bond motifs is 1. The second kappa shape index (κ2) is 17.7. The Balaban J connectivity index is 0.000000523. The van der Waals surface area contributed by atoms with Gasteiger partial charge in [-0.3, -0.25) is 18.7 Å². The molecule has 0 fully saturated rings. The lowest BCUT2D eigenvalue weighted by Gasteiger charge is -2.23. The maximum Gasteiger partial charge on any atom is 0.373 e. The molecule has 20 heteroatoms. The number of imidazole rings is 1. The first-order chi connectivity index (χ1) is 22.6. The molecular weight excluding hydrogens is 664 g/mol. The summed E-state index contributed by atoms with van der Waals surface area (Å²) in [6.45, 7) is 4.42. The van der Waals surface area contributed by atoms with Crippen molar-refractivity contribution in [2.45, 2.75) is 45.3 Å². The molecule has 0 aliphatic carbocycles. The molecule has 4 rings (SSSR count). The zero-order valence-electron chi connectivity index (χ0n) is 25.8. The first-order valence-electron chi connectivity index (χ1n) is 13.8. The summed E-state index contributed by atoms with van der Waals surface area (Å²) in [5.41, 5.74) is 4.22. The monoisotopic (exact) mass is 697 g/mol. The number of hydrogen-bond acceptors (Lipinski definition) is 15. The van der Waals surface area contributed by atoms with Crippen LogP contribution in [0.1, 0.15) is 33.4 Å². The molecule has 5 N–H and O–H groups in total. The number of aromatic nitrogens is 4. The van der Waals surface area contributed by atoms with E-state index in [0.717, 1.165) is 13.0 Å². The van der Waals surface area contributed by atoms with Crippen LogP contribution in [0.25, 0.3) is 11.2 Å². The zero-order chi connectivity index (χ0) is 36.1. The summed E-state index contributed by atoms with van der Waals surface area (Å²) in [5, 5.41) is 25.0. The minimum Gasteiger partial charge on any atom is -0.481 e. The molecule has 2 unspecified atom stereocenters. The molecule has 48 heavy (non-hydrogen) atoms. The van der Waals surface area contributed by atoms with Gasteiger partial charge in [-0.1, -0.05) is 25.1 Å². The molecule has 0 radical (unpaired) electrons. The number of anilines is 1. The third-order valence-corrected chi connectivity index (χ3v) is 8.27. The van der Waals surface area contributed by atoms with E-state index in [1.165, 1.54) is 17.2 Å². The molecule has 3 aromatic rings. The highest BCUT2D eigenvalue weighted by molar-refractivity contribution is 7.59. The Kier molecular flexibility index (Phi) is 14.5. The van der Waals surface area contributed by atoms with Crippen molar-refractivity contribution in [3.8, 4) is 5.75 Å². The maximum absolute atomic E-state index is 14.8. The fraction of sp³-hybridized carbons (Fsp3) is 0.393. The Morgan fingerprint density at radius 3 is 2.40 bits per heavy atom. The van der Waals surface area contributed by atoms with E-state index >= 15 is 0 Å². The van der Waals surface area contributed by atoms with E-state index in [-0.39, 0.29) is 30.4 Å². The van der Waals surface area contributed by atoms with Crippen LogP contribution in [0.15, 0.2) is 54.9 Å². The number of aliphatic hydroxyl groups is 1. The number of nitrogens with zero attached hydrogens (tertiary/aromatic N) is 4. The predicted molar refractivity (Wildman–Crippen MR) is 160 cm³/mol. The third kappa shape index (κ3) is 11.3. The van der Waals surface area contributed by atoms with E-state index < -0.39 is 67.9 Å². The van der Waals surface area contributed by atoms with Crippen LogP contribution in [-0.2, 0) is 42.7 Å². The Labute approximate surface area is 271 Å². The first-order valence-corrected chi connectivity index (χ1v) is 15.8. The lowest BCUT2D eigenvalue weighted by atomic mass is 10.0.